The number of rotatable bonds is 5. The number of hydrogen-bond donors (Lipinski definition) is 1. The summed E-state index contributed by atoms with van der Waals surface area (Å²) in [5.74, 6) is 0.964. The first kappa shape index (κ1) is 15.3. The minimum absolute atomic E-state index is 0.570. The van der Waals surface area contributed by atoms with Gasteiger partial charge >= 0.3 is 0 Å². The van der Waals surface area contributed by atoms with Crippen molar-refractivity contribution in [1.29, 1.82) is 0 Å². The summed E-state index contributed by atoms with van der Waals surface area (Å²) in [6, 6.07) is 0. The molecule has 0 bridgehead atoms. The molecule has 0 radical (unpaired) electrons. The Morgan fingerprint density at radius 1 is 1.11 bits per heavy atom. The minimum Gasteiger partial charge on any atom is -0.319 e. The van der Waals surface area contributed by atoms with Crippen LogP contribution in [0.2, 0.25) is 0 Å². The van der Waals surface area contributed by atoms with E-state index in [2.05, 4.69) is 24.2 Å². The molecule has 0 aromatic rings. The second-order valence-corrected chi connectivity index (χ2v) is 7.10. The molecule has 2 aliphatic rings. The topological polar surface area (TPSA) is 15.3 Å². The van der Waals surface area contributed by atoms with Gasteiger partial charge in [-0.3, -0.25) is 0 Å². The van der Waals surface area contributed by atoms with Gasteiger partial charge < -0.3 is 10.2 Å². The summed E-state index contributed by atoms with van der Waals surface area (Å²) >= 11 is 0. The number of nitrogens with zero attached hydrogens (tertiary/aromatic N) is 1. The molecule has 1 aliphatic carbocycles. The summed E-state index contributed by atoms with van der Waals surface area (Å²) in [6.07, 6.45) is 13.0. The third-order valence-corrected chi connectivity index (χ3v) is 5.46. The molecule has 0 spiro atoms. The lowest BCUT2D eigenvalue weighted by Gasteiger charge is -2.41. The number of piperidine rings is 1. The van der Waals surface area contributed by atoms with Crippen LogP contribution in [0.1, 0.15) is 64.7 Å². The Hall–Kier alpha value is -0.0800. The fourth-order valence-corrected chi connectivity index (χ4v) is 4.35. The Labute approximate surface area is 120 Å². The monoisotopic (exact) mass is 266 g/mol. The van der Waals surface area contributed by atoms with Crippen molar-refractivity contribution in [2.45, 2.75) is 64.7 Å². The van der Waals surface area contributed by atoms with Gasteiger partial charge in [0.1, 0.15) is 0 Å². The number of nitrogens with one attached hydrogen (secondary N) is 1. The normalized spacial score (nSPS) is 29.1. The first-order chi connectivity index (χ1) is 9.28. The average molecular weight is 266 g/mol. The molecule has 0 aromatic heterocycles. The van der Waals surface area contributed by atoms with Gasteiger partial charge in [0.25, 0.3) is 0 Å². The van der Waals surface area contributed by atoms with Crippen molar-refractivity contribution < 1.29 is 0 Å². The van der Waals surface area contributed by atoms with Gasteiger partial charge in [-0.2, -0.15) is 0 Å². The highest BCUT2D eigenvalue weighted by molar-refractivity contribution is 4.88. The summed E-state index contributed by atoms with van der Waals surface area (Å²) in [5, 5.41) is 3.49. The largest absolute Gasteiger partial charge is 0.319 e. The Morgan fingerprint density at radius 3 is 2.47 bits per heavy atom. The predicted molar refractivity (Wildman–Crippen MR) is 83.5 cm³/mol. The number of hydrogen-bond acceptors (Lipinski definition) is 2. The van der Waals surface area contributed by atoms with Gasteiger partial charge in [-0.15, -0.1) is 0 Å². The van der Waals surface area contributed by atoms with Crippen LogP contribution in [-0.2, 0) is 0 Å². The third kappa shape index (κ3) is 4.46. The zero-order valence-electron chi connectivity index (χ0n) is 13.2. The van der Waals surface area contributed by atoms with Crippen LogP contribution >= 0.6 is 0 Å². The van der Waals surface area contributed by atoms with E-state index in [1.807, 2.05) is 0 Å². The maximum atomic E-state index is 3.49. The predicted octanol–water partition coefficient (Wildman–Crippen LogP) is 3.67. The van der Waals surface area contributed by atoms with Crippen LogP contribution in [-0.4, -0.2) is 38.1 Å². The highest BCUT2D eigenvalue weighted by Gasteiger charge is 2.33. The van der Waals surface area contributed by atoms with Crippen molar-refractivity contribution in [3.05, 3.63) is 0 Å². The van der Waals surface area contributed by atoms with E-state index < -0.39 is 0 Å². The Kier molecular flexibility index (Phi) is 6.15. The van der Waals surface area contributed by atoms with E-state index in [-0.39, 0.29) is 0 Å². The smallest absolute Gasteiger partial charge is 0.00503 e. The zero-order valence-corrected chi connectivity index (χ0v) is 13.2. The molecule has 0 aromatic carbocycles. The second-order valence-electron chi connectivity index (χ2n) is 7.10. The van der Waals surface area contributed by atoms with E-state index in [0.717, 1.165) is 5.92 Å². The van der Waals surface area contributed by atoms with Crippen LogP contribution in [0.15, 0.2) is 0 Å². The molecule has 1 unspecified atom stereocenters. The van der Waals surface area contributed by atoms with E-state index in [4.69, 9.17) is 0 Å². The fraction of sp³-hybridized carbons (Fsp3) is 1.00. The molecular formula is C17H34N2. The van der Waals surface area contributed by atoms with Crippen LogP contribution in [0.3, 0.4) is 0 Å². The van der Waals surface area contributed by atoms with Crippen molar-refractivity contribution in [3.63, 3.8) is 0 Å². The fourth-order valence-electron chi connectivity index (χ4n) is 4.35. The summed E-state index contributed by atoms with van der Waals surface area (Å²) in [7, 11) is 2.14. The second kappa shape index (κ2) is 7.64. The van der Waals surface area contributed by atoms with Gasteiger partial charge in [0, 0.05) is 19.6 Å². The molecule has 2 heteroatoms. The lowest BCUT2D eigenvalue weighted by atomic mass is 9.79. The molecule has 1 saturated heterocycles. The molecule has 1 N–H and O–H groups in total. The van der Waals surface area contributed by atoms with Crippen LogP contribution in [0.25, 0.3) is 0 Å². The van der Waals surface area contributed by atoms with Gasteiger partial charge in [-0.1, -0.05) is 39.0 Å². The Balaban J connectivity index is 1.94. The van der Waals surface area contributed by atoms with E-state index in [1.54, 1.807) is 0 Å². The molecule has 1 heterocycles. The molecule has 112 valence electrons. The summed E-state index contributed by atoms with van der Waals surface area (Å²) in [4.78, 5) is 2.79. The Bertz CT molecular complexity index is 244. The first-order valence-corrected chi connectivity index (χ1v) is 8.65. The van der Waals surface area contributed by atoms with Crippen LogP contribution in [0.5, 0.6) is 0 Å². The summed E-state index contributed by atoms with van der Waals surface area (Å²) in [5.41, 5.74) is 0.570. The molecule has 1 atom stereocenters. The summed E-state index contributed by atoms with van der Waals surface area (Å²) < 4.78 is 0. The molecule has 1 aliphatic heterocycles. The molecule has 1 saturated carbocycles. The van der Waals surface area contributed by atoms with Gasteiger partial charge in [0.2, 0.25) is 0 Å². The van der Waals surface area contributed by atoms with Crippen molar-refractivity contribution in [3.8, 4) is 0 Å². The molecule has 2 rings (SSSR count). The van der Waals surface area contributed by atoms with Crippen molar-refractivity contribution in [2.24, 2.45) is 11.3 Å². The van der Waals surface area contributed by atoms with Crippen molar-refractivity contribution >= 4 is 0 Å². The molecule has 2 nitrogen and oxygen atoms in total. The van der Waals surface area contributed by atoms with E-state index in [1.165, 1.54) is 84.0 Å². The van der Waals surface area contributed by atoms with Gasteiger partial charge in [0.05, 0.1) is 0 Å². The van der Waals surface area contributed by atoms with E-state index >= 15 is 0 Å². The van der Waals surface area contributed by atoms with Gasteiger partial charge in [-0.25, -0.2) is 0 Å². The minimum atomic E-state index is 0.570. The number of likely N-dealkylation sites (tertiary alicyclic amines) is 1. The molecule has 19 heavy (non-hydrogen) atoms. The van der Waals surface area contributed by atoms with Gasteiger partial charge in [0.15, 0.2) is 0 Å². The maximum absolute atomic E-state index is 3.49. The highest BCUT2D eigenvalue weighted by Crippen LogP contribution is 2.36. The Morgan fingerprint density at radius 2 is 1.84 bits per heavy atom. The average Bonchev–Trinajstić information content (AvgIpc) is 2.65. The van der Waals surface area contributed by atoms with E-state index in [9.17, 15) is 0 Å². The van der Waals surface area contributed by atoms with Crippen LogP contribution in [0, 0.1) is 11.3 Å². The maximum Gasteiger partial charge on any atom is 0.00503 e. The molecule has 2 fully saturated rings. The lowest BCUT2D eigenvalue weighted by Crippen LogP contribution is -2.46. The van der Waals surface area contributed by atoms with Crippen molar-refractivity contribution in [1.82, 2.24) is 10.2 Å². The highest BCUT2D eigenvalue weighted by atomic mass is 15.1. The van der Waals surface area contributed by atoms with E-state index in [0.29, 0.717) is 5.41 Å². The lowest BCUT2D eigenvalue weighted by molar-refractivity contribution is 0.0892. The van der Waals surface area contributed by atoms with Crippen molar-refractivity contribution in [2.75, 3.05) is 33.2 Å². The van der Waals surface area contributed by atoms with Crippen LogP contribution in [0.4, 0.5) is 0 Å². The third-order valence-electron chi connectivity index (χ3n) is 5.46. The standard InChI is InChI=1S/C17H34N2/c1-3-16-9-8-12-19(13-16)15-17(14-18-2)10-6-4-5-7-11-17/h16,18H,3-15H2,1-2H3. The molecular weight excluding hydrogens is 232 g/mol. The molecule has 0 amide bonds. The summed E-state index contributed by atoms with van der Waals surface area (Å²) in [6.45, 7) is 7.65. The van der Waals surface area contributed by atoms with Gasteiger partial charge in [-0.05, 0) is 50.6 Å². The van der Waals surface area contributed by atoms with Crippen LogP contribution < -0.4 is 5.32 Å². The first-order valence-electron chi connectivity index (χ1n) is 8.65. The quantitative estimate of drug-likeness (QED) is 0.764. The SMILES string of the molecule is CCC1CCCN(CC2(CNC)CCCCCC2)C1. The zero-order chi connectivity index (χ0) is 13.6.